The van der Waals surface area contributed by atoms with Gasteiger partial charge in [0, 0.05) is 13.1 Å². The Labute approximate surface area is 114 Å². The number of benzene rings is 1. The monoisotopic (exact) mass is 262 g/mol. The first-order chi connectivity index (χ1) is 9.08. The molecule has 2 rings (SSSR count). The van der Waals surface area contributed by atoms with E-state index in [4.69, 9.17) is 0 Å². The van der Waals surface area contributed by atoms with E-state index in [-0.39, 0.29) is 24.1 Å². The van der Waals surface area contributed by atoms with Gasteiger partial charge in [-0.3, -0.25) is 9.69 Å². The molecular formula is C15H22N2O2. The van der Waals surface area contributed by atoms with E-state index in [1.54, 1.807) is 0 Å². The molecule has 4 heteroatoms. The van der Waals surface area contributed by atoms with Crippen molar-refractivity contribution < 1.29 is 9.90 Å². The van der Waals surface area contributed by atoms with E-state index in [1.165, 1.54) is 0 Å². The molecule has 1 heterocycles. The van der Waals surface area contributed by atoms with Gasteiger partial charge in [0.1, 0.15) is 0 Å². The molecule has 1 aromatic rings. The van der Waals surface area contributed by atoms with E-state index >= 15 is 0 Å². The number of carbonyl (C=O) groups excluding carboxylic acids is 1. The molecule has 1 amide bonds. The molecule has 1 aliphatic heterocycles. The summed E-state index contributed by atoms with van der Waals surface area (Å²) in [7, 11) is 0. The van der Waals surface area contributed by atoms with Crippen LogP contribution < -0.4 is 5.32 Å². The number of β-amino-alcohol motifs (C(OH)–C–C–N with tert-alkyl or cyclic N) is 1. The molecule has 2 N–H and O–H groups in total. The van der Waals surface area contributed by atoms with Gasteiger partial charge in [-0.15, -0.1) is 0 Å². The number of aliphatic hydroxyl groups is 1. The summed E-state index contributed by atoms with van der Waals surface area (Å²) in [6, 6.07) is 9.74. The van der Waals surface area contributed by atoms with Gasteiger partial charge in [0.2, 0.25) is 5.91 Å². The number of likely N-dealkylation sites (tertiary alicyclic amines) is 1. The van der Waals surface area contributed by atoms with Crippen LogP contribution in [0, 0.1) is 0 Å². The maximum absolute atomic E-state index is 12.2. The van der Waals surface area contributed by atoms with Crippen molar-refractivity contribution in [2.75, 3.05) is 13.1 Å². The maximum atomic E-state index is 12.2. The SMILES string of the molecule is CC(NC(=O)C(C)N1CC[C@H](O)C1)c1ccccc1. The predicted octanol–water partition coefficient (Wildman–Crippen LogP) is 1.32. The zero-order chi connectivity index (χ0) is 13.8. The number of amides is 1. The van der Waals surface area contributed by atoms with Gasteiger partial charge in [-0.25, -0.2) is 0 Å². The average Bonchev–Trinajstić information content (AvgIpc) is 2.85. The molecule has 0 spiro atoms. The summed E-state index contributed by atoms with van der Waals surface area (Å²) < 4.78 is 0. The Morgan fingerprint density at radius 1 is 1.37 bits per heavy atom. The standard InChI is InChI=1S/C15H22N2O2/c1-11(13-6-4-3-5-7-13)16-15(19)12(2)17-9-8-14(18)10-17/h3-7,11-12,14,18H,8-10H2,1-2H3,(H,16,19)/t11?,12?,14-/m0/s1. The first-order valence-electron chi connectivity index (χ1n) is 6.85. The number of rotatable bonds is 4. The average molecular weight is 262 g/mol. The van der Waals surface area contributed by atoms with Crippen LogP contribution in [0.15, 0.2) is 30.3 Å². The van der Waals surface area contributed by atoms with E-state index in [0.717, 1.165) is 18.5 Å². The Morgan fingerprint density at radius 2 is 2.05 bits per heavy atom. The van der Waals surface area contributed by atoms with Crippen molar-refractivity contribution in [3.05, 3.63) is 35.9 Å². The number of hydrogen-bond donors (Lipinski definition) is 2. The highest BCUT2D eigenvalue weighted by Crippen LogP contribution is 2.15. The topological polar surface area (TPSA) is 52.6 Å². The van der Waals surface area contributed by atoms with Gasteiger partial charge >= 0.3 is 0 Å². The van der Waals surface area contributed by atoms with Crippen molar-refractivity contribution in [3.8, 4) is 0 Å². The Balaban J connectivity index is 1.90. The fourth-order valence-corrected chi connectivity index (χ4v) is 2.44. The van der Waals surface area contributed by atoms with Crippen molar-refractivity contribution in [1.82, 2.24) is 10.2 Å². The number of nitrogens with zero attached hydrogens (tertiary/aromatic N) is 1. The third-order valence-corrected chi connectivity index (χ3v) is 3.78. The molecule has 1 aliphatic rings. The minimum atomic E-state index is -0.290. The molecule has 4 nitrogen and oxygen atoms in total. The second kappa shape index (κ2) is 6.17. The number of nitrogens with one attached hydrogen (secondary N) is 1. The Bertz CT molecular complexity index is 421. The van der Waals surface area contributed by atoms with E-state index in [0.29, 0.717) is 6.54 Å². The van der Waals surface area contributed by atoms with Crippen LogP contribution in [0.4, 0.5) is 0 Å². The Hall–Kier alpha value is -1.39. The minimum Gasteiger partial charge on any atom is -0.392 e. The van der Waals surface area contributed by atoms with Gasteiger partial charge in [0.25, 0.3) is 0 Å². The molecule has 1 aromatic carbocycles. The highest BCUT2D eigenvalue weighted by atomic mass is 16.3. The lowest BCUT2D eigenvalue weighted by Crippen LogP contribution is -2.45. The van der Waals surface area contributed by atoms with Crippen LogP contribution in [0.25, 0.3) is 0 Å². The zero-order valence-corrected chi connectivity index (χ0v) is 11.5. The third-order valence-electron chi connectivity index (χ3n) is 3.78. The van der Waals surface area contributed by atoms with Gasteiger partial charge in [0.05, 0.1) is 18.2 Å². The lowest BCUT2D eigenvalue weighted by molar-refractivity contribution is -0.126. The van der Waals surface area contributed by atoms with Gasteiger partial charge in [-0.1, -0.05) is 30.3 Å². The van der Waals surface area contributed by atoms with Gasteiger partial charge in [-0.05, 0) is 25.8 Å². The molecule has 2 unspecified atom stereocenters. The lowest BCUT2D eigenvalue weighted by Gasteiger charge is -2.25. The molecule has 0 bridgehead atoms. The van der Waals surface area contributed by atoms with Crippen molar-refractivity contribution in [2.45, 2.75) is 38.5 Å². The normalized spacial score (nSPS) is 23.0. The summed E-state index contributed by atoms with van der Waals surface area (Å²) in [5.41, 5.74) is 1.10. The summed E-state index contributed by atoms with van der Waals surface area (Å²) in [6.07, 6.45) is 0.466. The fraction of sp³-hybridized carbons (Fsp3) is 0.533. The van der Waals surface area contributed by atoms with Gasteiger partial charge in [0.15, 0.2) is 0 Å². The molecule has 19 heavy (non-hydrogen) atoms. The molecule has 1 fully saturated rings. The number of hydrogen-bond acceptors (Lipinski definition) is 3. The van der Waals surface area contributed by atoms with E-state index in [2.05, 4.69) is 5.32 Å². The van der Waals surface area contributed by atoms with E-state index < -0.39 is 0 Å². The van der Waals surface area contributed by atoms with Gasteiger partial charge < -0.3 is 10.4 Å². The molecule has 0 aromatic heterocycles. The van der Waals surface area contributed by atoms with Crippen molar-refractivity contribution >= 4 is 5.91 Å². The van der Waals surface area contributed by atoms with Crippen LogP contribution in [-0.4, -0.2) is 41.1 Å². The summed E-state index contributed by atoms with van der Waals surface area (Å²) in [5, 5.41) is 12.5. The Morgan fingerprint density at radius 3 is 2.63 bits per heavy atom. The first kappa shape index (κ1) is 14.0. The number of carbonyl (C=O) groups is 1. The van der Waals surface area contributed by atoms with Crippen LogP contribution in [0.1, 0.15) is 31.9 Å². The largest absolute Gasteiger partial charge is 0.392 e. The Kier molecular flexibility index (Phi) is 4.56. The fourth-order valence-electron chi connectivity index (χ4n) is 2.44. The second-order valence-electron chi connectivity index (χ2n) is 5.25. The van der Waals surface area contributed by atoms with Gasteiger partial charge in [-0.2, -0.15) is 0 Å². The number of aliphatic hydroxyl groups excluding tert-OH is 1. The summed E-state index contributed by atoms with van der Waals surface area (Å²) in [6.45, 7) is 5.26. The quantitative estimate of drug-likeness (QED) is 0.860. The van der Waals surface area contributed by atoms with E-state index in [1.807, 2.05) is 49.1 Å². The van der Waals surface area contributed by atoms with Crippen molar-refractivity contribution in [1.29, 1.82) is 0 Å². The predicted molar refractivity (Wildman–Crippen MR) is 74.7 cm³/mol. The van der Waals surface area contributed by atoms with Crippen LogP contribution in [0.2, 0.25) is 0 Å². The summed E-state index contributed by atoms with van der Waals surface area (Å²) in [5.74, 6) is 0.0189. The third kappa shape index (κ3) is 3.55. The highest BCUT2D eigenvalue weighted by Gasteiger charge is 2.28. The molecule has 1 saturated heterocycles. The minimum absolute atomic E-state index is 0.00340. The molecular weight excluding hydrogens is 240 g/mol. The van der Waals surface area contributed by atoms with Crippen LogP contribution in [0.3, 0.4) is 0 Å². The molecule has 3 atom stereocenters. The first-order valence-corrected chi connectivity index (χ1v) is 6.85. The molecule has 0 saturated carbocycles. The maximum Gasteiger partial charge on any atom is 0.237 e. The summed E-state index contributed by atoms with van der Waals surface area (Å²) >= 11 is 0. The van der Waals surface area contributed by atoms with Crippen LogP contribution >= 0.6 is 0 Å². The van der Waals surface area contributed by atoms with E-state index in [9.17, 15) is 9.90 Å². The van der Waals surface area contributed by atoms with Crippen LogP contribution in [0.5, 0.6) is 0 Å². The summed E-state index contributed by atoms with van der Waals surface area (Å²) in [4.78, 5) is 14.2. The van der Waals surface area contributed by atoms with Crippen molar-refractivity contribution in [3.63, 3.8) is 0 Å². The van der Waals surface area contributed by atoms with Crippen molar-refractivity contribution in [2.24, 2.45) is 0 Å². The second-order valence-corrected chi connectivity index (χ2v) is 5.25. The molecule has 104 valence electrons. The lowest BCUT2D eigenvalue weighted by atomic mass is 10.1. The smallest absolute Gasteiger partial charge is 0.237 e. The highest BCUT2D eigenvalue weighted by molar-refractivity contribution is 5.81. The van der Waals surface area contributed by atoms with Crippen LogP contribution in [-0.2, 0) is 4.79 Å². The zero-order valence-electron chi connectivity index (χ0n) is 11.5. The molecule has 0 radical (unpaired) electrons. The molecule has 0 aliphatic carbocycles.